The van der Waals surface area contributed by atoms with Crippen molar-refractivity contribution in [1.82, 2.24) is 0 Å². The molecule has 10 nitrogen and oxygen atoms in total. The molecule has 0 aromatic heterocycles. The first-order valence-corrected chi connectivity index (χ1v) is 25.7. The number of aliphatic hydroxyl groups is 1. The Balaban J connectivity index is 4.50. The highest BCUT2D eigenvalue weighted by Gasteiger charge is 2.27. The van der Waals surface area contributed by atoms with E-state index in [1.165, 1.54) is 32.1 Å². The molecule has 0 spiro atoms. The van der Waals surface area contributed by atoms with Gasteiger partial charge in [-0.15, -0.1) is 0 Å². The fourth-order valence-electron chi connectivity index (χ4n) is 5.84. The summed E-state index contributed by atoms with van der Waals surface area (Å²) in [6, 6.07) is 0. The molecule has 3 atom stereocenters. The summed E-state index contributed by atoms with van der Waals surface area (Å²) >= 11 is 0. The number of phosphoric ester groups is 1. The number of hydrogen-bond donors (Lipinski definition) is 2. The number of likely N-dealkylation sites (N-methyl/N-ethyl adjacent to an activating group) is 1. The number of ether oxygens (including phenoxy) is 2. The summed E-state index contributed by atoms with van der Waals surface area (Å²) < 4.78 is 34.2. The lowest BCUT2D eigenvalue weighted by Gasteiger charge is -2.24. The van der Waals surface area contributed by atoms with Crippen molar-refractivity contribution in [3.8, 4) is 0 Å². The highest BCUT2D eigenvalue weighted by molar-refractivity contribution is 7.47. The van der Waals surface area contributed by atoms with Crippen LogP contribution >= 0.6 is 7.82 Å². The fourth-order valence-corrected chi connectivity index (χ4v) is 6.58. The number of nitrogens with zero attached hydrogens (tertiary/aromatic N) is 1. The molecule has 64 heavy (non-hydrogen) atoms. The number of rotatable bonds is 42. The normalized spacial score (nSPS) is 14.9. The Hall–Kier alpha value is -3.37. The number of carbonyl (C=O) groups excluding carboxylic acids is 2. The average Bonchev–Trinajstić information content (AvgIpc) is 3.24. The number of esters is 2. The van der Waals surface area contributed by atoms with E-state index in [0.717, 1.165) is 77.0 Å². The number of hydrogen-bond acceptors (Lipinski definition) is 8. The Kier molecular flexibility index (Phi) is 41.2. The highest BCUT2D eigenvalue weighted by Crippen LogP contribution is 2.43. The molecule has 0 aromatic carbocycles. The third kappa shape index (κ3) is 46.6. The van der Waals surface area contributed by atoms with Gasteiger partial charge in [-0.1, -0.05) is 168 Å². The van der Waals surface area contributed by atoms with Gasteiger partial charge in [0.25, 0.3) is 0 Å². The van der Waals surface area contributed by atoms with Crippen LogP contribution in [0.3, 0.4) is 0 Å². The molecular formula is C53H89NO9P+. The average molecular weight is 915 g/mol. The van der Waals surface area contributed by atoms with Gasteiger partial charge in [-0.05, 0) is 83.5 Å². The number of aliphatic hydroxyl groups excluding tert-OH is 1. The van der Waals surface area contributed by atoms with Crippen LogP contribution in [0.5, 0.6) is 0 Å². The van der Waals surface area contributed by atoms with Gasteiger partial charge < -0.3 is 24.0 Å². The molecule has 0 radical (unpaired) electrons. The van der Waals surface area contributed by atoms with E-state index in [1.807, 2.05) is 63.7 Å². The molecule has 0 amide bonds. The lowest BCUT2D eigenvalue weighted by Crippen LogP contribution is -2.37. The van der Waals surface area contributed by atoms with E-state index >= 15 is 0 Å². The van der Waals surface area contributed by atoms with Crippen molar-refractivity contribution in [2.24, 2.45) is 0 Å². The molecule has 2 N–H and O–H groups in total. The molecule has 0 fully saturated rings. The lowest BCUT2D eigenvalue weighted by molar-refractivity contribution is -0.870. The topological polar surface area (TPSA) is 129 Å². The smallest absolute Gasteiger partial charge is 0.462 e. The van der Waals surface area contributed by atoms with Gasteiger partial charge in [0.1, 0.15) is 19.8 Å². The number of unbranched alkanes of at least 4 members (excludes halogenated alkanes) is 10. The molecule has 0 saturated carbocycles. The van der Waals surface area contributed by atoms with E-state index in [1.54, 1.807) is 6.08 Å². The van der Waals surface area contributed by atoms with Crippen LogP contribution in [0.2, 0.25) is 0 Å². The van der Waals surface area contributed by atoms with Gasteiger partial charge >= 0.3 is 19.8 Å². The Morgan fingerprint density at radius 2 is 1.11 bits per heavy atom. The second-order valence-electron chi connectivity index (χ2n) is 17.0. The maximum atomic E-state index is 12.7. The van der Waals surface area contributed by atoms with Crippen LogP contribution in [0.25, 0.3) is 0 Å². The molecule has 0 bridgehead atoms. The summed E-state index contributed by atoms with van der Waals surface area (Å²) in [7, 11) is 1.38. The van der Waals surface area contributed by atoms with Gasteiger partial charge in [-0.25, -0.2) is 4.57 Å². The maximum absolute atomic E-state index is 12.7. The number of phosphoric acid groups is 1. The van der Waals surface area contributed by atoms with E-state index < -0.39 is 38.6 Å². The van der Waals surface area contributed by atoms with Gasteiger partial charge in [0.05, 0.1) is 33.9 Å². The molecule has 0 aromatic rings. The first kappa shape index (κ1) is 60.6. The molecule has 0 aliphatic rings. The summed E-state index contributed by atoms with van der Waals surface area (Å²) in [5.74, 6) is -0.943. The van der Waals surface area contributed by atoms with E-state index in [4.69, 9.17) is 18.5 Å². The molecule has 0 rings (SSSR count). The third-order valence-corrected chi connectivity index (χ3v) is 10.6. The summed E-state index contributed by atoms with van der Waals surface area (Å²) in [4.78, 5) is 35.5. The number of carbonyl (C=O) groups is 2. The van der Waals surface area contributed by atoms with Gasteiger partial charge in [-0.3, -0.25) is 18.6 Å². The van der Waals surface area contributed by atoms with E-state index in [-0.39, 0.29) is 26.1 Å². The zero-order chi connectivity index (χ0) is 47.3. The quantitative estimate of drug-likeness (QED) is 0.0154. The Morgan fingerprint density at radius 1 is 0.578 bits per heavy atom. The van der Waals surface area contributed by atoms with Crippen LogP contribution in [0.1, 0.15) is 155 Å². The van der Waals surface area contributed by atoms with Gasteiger partial charge in [0, 0.05) is 12.8 Å². The standard InChI is InChI=1S/C53H88NO9P/c1-6-8-10-11-12-13-14-15-16-17-18-19-20-21-24-27-30-33-36-40-44-52(56)60-48-51(49-62-64(58,59)61-47-46-54(3,4)5)63-53(57)45-41-37-34-31-28-25-22-23-26-29-32-35-39-43-50(55)42-38-9-7-2/h9,13-14,16-17,19-20,23,25-26,28,32,34-35,37-39,43,50-51,55H,6-8,10-12,15,18,21-22,24,27,29-31,33,36,40-42,44-49H2,1-5H3/p+1/b14-13-,17-16-,20-19-,26-23-,28-25-,35-32+,37-34-,38-9-,43-39+/t50?,51-/m1/s1. The third-order valence-electron chi connectivity index (χ3n) is 9.63. The Morgan fingerprint density at radius 3 is 1.69 bits per heavy atom. The van der Waals surface area contributed by atoms with Crippen molar-refractivity contribution in [3.05, 3.63) is 109 Å². The molecule has 364 valence electrons. The van der Waals surface area contributed by atoms with Crippen molar-refractivity contribution in [3.63, 3.8) is 0 Å². The summed E-state index contributed by atoms with van der Waals surface area (Å²) in [6.45, 7) is 4.06. The summed E-state index contributed by atoms with van der Waals surface area (Å²) in [5, 5.41) is 9.86. The molecule has 0 aliphatic carbocycles. The fraction of sp³-hybridized carbons (Fsp3) is 0.623. The van der Waals surface area contributed by atoms with Crippen LogP contribution in [0.4, 0.5) is 0 Å². The van der Waals surface area contributed by atoms with Gasteiger partial charge in [0.15, 0.2) is 6.10 Å². The molecule has 2 unspecified atom stereocenters. The summed E-state index contributed by atoms with van der Waals surface area (Å²) in [6.07, 6.45) is 56.2. The van der Waals surface area contributed by atoms with Crippen molar-refractivity contribution in [2.45, 2.75) is 167 Å². The van der Waals surface area contributed by atoms with Crippen LogP contribution in [-0.2, 0) is 32.7 Å². The number of quaternary nitrogens is 1. The predicted molar refractivity (Wildman–Crippen MR) is 267 cm³/mol. The SMILES string of the molecule is CC/C=C\CC(O)/C=C/C=C/C/C=C\C/C=C\C/C=C\CCC(=O)O[C@H](COC(=O)CCCCCCCC/C=C\C/C=C\C/C=C\CCCCCC)COP(=O)(O)OCC[N+](C)(C)C. The minimum atomic E-state index is -4.42. The van der Waals surface area contributed by atoms with Crippen molar-refractivity contribution in [2.75, 3.05) is 47.5 Å². The Bertz CT molecular complexity index is 1470. The van der Waals surface area contributed by atoms with Crippen LogP contribution in [0.15, 0.2) is 109 Å². The Labute approximate surface area is 389 Å². The van der Waals surface area contributed by atoms with Crippen molar-refractivity contribution >= 4 is 19.8 Å². The predicted octanol–water partition coefficient (Wildman–Crippen LogP) is 13.3. The van der Waals surface area contributed by atoms with E-state index in [9.17, 15) is 24.2 Å². The van der Waals surface area contributed by atoms with E-state index in [0.29, 0.717) is 30.3 Å². The molecular weight excluding hydrogens is 826 g/mol. The highest BCUT2D eigenvalue weighted by atomic mass is 31.2. The van der Waals surface area contributed by atoms with E-state index in [2.05, 4.69) is 74.6 Å². The van der Waals surface area contributed by atoms with Gasteiger partial charge in [0.2, 0.25) is 0 Å². The van der Waals surface area contributed by atoms with Crippen LogP contribution < -0.4 is 0 Å². The monoisotopic (exact) mass is 915 g/mol. The first-order valence-electron chi connectivity index (χ1n) is 24.2. The molecule has 0 aliphatic heterocycles. The van der Waals surface area contributed by atoms with Crippen LogP contribution in [0, 0.1) is 0 Å². The zero-order valence-electron chi connectivity index (χ0n) is 40.6. The molecule has 0 saturated heterocycles. The second kappa shape index (κ2) is 43.5. The van der Waals surface area contributed by atoms with Crippen molar-refractivity contribution < 1.29 is 47.2 Å². The van der Waals surface area contributed by atoms with Crippen molar-refractivity contribution in [1.29, 1.82) is 0 Å². The largest absolute Gasteiger partial charge is 0.472 e. The molecule has 11 heteroatoms. The maximum Gasteiger partial charge on any atom is 0.472 e. The van der Waals surface area contributed by atoms with Crippen LogP contribution in [-0.4, -0.2) is 86.1 Å². The second-order valence-corrected chi connectivity index (χ2v) is 18.4. The summed E-state index contributed by atoms with van der Waals surface area (Å²) in [5.41, 5.74) is 0. The first-order chi connectivity index (χ1) is 30.9. The van der Waals surface area contributed by atoms with Gasteiger partial charge in [-0.2, -0.15) is 0 Å². The number of allylic oxidation sites excluding steroid dienone is 16. The lowest BCUT2D eigenvalue weighted by atomic mass is 10.1. The minimum Gasteiger partial charge on any atom is -0.462 e. The molecule has 0 heterocycles. The zero-order valence-corrected chi connectivity index (χ0v) is 41.5. The minimum absolute atomic E-state index is 0.00218.